The van der Waals surface area contributed by atoms with Gasteiger partial charge in [-0.25, -0.2) is 4.68 Å². The van der Waals surface area contributed by atoms with Gasteiger partial charge in [0.05, 0.1) is 17.4 Å². The molecule has 0 unspecified atom stereocenters. The van der Waals surface area contributed by atoms with Gasteiger partial charge in [0.2, 0.25) is 17.8 Å². The van der Waals surface area contributed by atoms with E-state index in [9.17, 15) is 19.7 Å². The van der Waals surface area contributed by atoms with Crippen molar-refractivity contribution in [2.75, 3.05) is 10.6 Å². The summed E-state index contributed by atoms with van der Waals surface area (Å²) in [6.45, 7) is 0.273. The molecule has 2 amide bonds. The summed E-state index contributed by atoms with van der Waals surface area (Å²) in [7, 11) is 0. The first kappa shape index (κ1) is 14.6. The Morgan fingerprint density at radius 1 is 1.43 bits per heavy atom. The Morgan fingerprint density at radius 2 is 2.17 bits per heavy atom. The molecule has 1 aromatic carbocycles. The number of nitro benzene ring substituents is 1. The molecule has 0 saturated heterocycles. The Kier molecular flexibility index (Phi) is 3.71. The maximum Gasteiger partial charge on any atom is 0.269 e. The van der Waals surface area contributed by atoms with E-state index in [0.717, 1.165) is 0 Å². The zero-order valence-corrected chi connectivity index (χ0v) is 11.8. The molecule has 2 aromatic rings. The molecule has 1 aliphatic rings. The van der Waals surface area contributed by atoms with Crippen molar-refractivity contribution in [1.82, 2.24) is 14.8 Å². The SMILES string of the molecule is O=C(C[C@@H]1Cn2ncnc2NC1=O)Nc1ccc([N+](=O)[O-])cc1. The van der Waals surface area contributed by atoms with Gasteiger partial charge in [-0.15, -0.1) is 0 Å². The lowest BCUT2D eigenvalue weighted by Crippen LogP contribution is -2.36. The highest BCUT2D eigenvalue weighted by Gasteiger charge is 2.29. The van der Waals surface area contributed by atoms with Crippen LogP contribution in [0.1, 0.15) is 6.42 Å². The molecule has 3 rings (SSSR count). The number of benzene rings is 1. The zero-order chi connectivity index (χ0) is 16.4. The van der Waals surface area contributed by atoms with Crippen LogP contribution in [0.5, 0.6) is 0 Å². The first-order valence-corrected chi connectivity index (χ1v) is 6.76. The molecule has 1 aliphatic heterocycles. The summed E-state index contributed by atoms with van der Waals surface area (Å²) >= 11 is 0. The molecule has 118 valence electrons. The maximum absolute atomic E-state index is 12.0. The smallest absolute Gasteiger partial charge is 0.269 e. The van der Waals surface area contributed by atoms with Crippen LogP contribution in [-0.2, 0) is 16.1 Å². The van der Waals surface area contributed by atoms with Crippen LogP contribution in [0.4, 0.5) is 17.3 Å². The number of fused-ring (bicyclic) bond motifs is 1. The Labute approximate surface area is 129 Å². The molecule has 2 N–H and O–H groups in total. The number of anilines is 2. The van der Waals surface area contributed by atoms with E-state index in [4.69, 9.17) is 0 Å². The summed E-state index contributed by atoms with van der Waals surface area (Å²) < 4.78 is 1.52. The van der Waals surface area contributed by atoms with E-state index < -0.39 is 10.8 Å². The van der Waals surface area contributed by atoms with Crippen molar-refractivity contribution in [2.45, 2.75) is 13.0 Å². The number of hydrogen-bond donors (Lipinski definition) is 2. The minimum absolute atomic E-state index is 0.0257. The van der Waals surface area contributed by atoms with E-state index >= 15 is 0 Å². The minimum Gasteiger partial charge on any atom is -0.326 e. The highest BCUT2D eigenvalue weighted by molar-refractivity contribution is 5.98. The van der Waals surface area contributed by atoms with Crippen molar-refractivity contribution in [3.63, 3.8) is 0 Å². The summed E-state index contributed by atoms with van der Waals surface area (Å²) in [6.07, 6.45) is 1.30. The molecular weight excluding hydrogens is 304 g/mol. The molecule has 23 heavy (non-hydrogen) atoms. The number of nitrogens with one attached hydrogen (secondary N) is 2. The largest absolute Gasteiger partial charge is 0.326 e. The Morgan fingerprint density at radius 3 is 2.87 bits per heavy atom. The molecule has 0 saturated carbocycles. The molecule has 0 fully saturated rings. The fourth-order valence-corrected chi connectivity index (χ4v) is 2.26. The molecule has 0 radical (unpaired) electrons. The van der Waals surface area contributed by atoms with E-state index in [0.29, 0.717) is 11.6 Å². The fraction of sp³-hybridized carbons (Fsp3) is 0.231. The van der Waals surface area contributed by atoms with Crippen molar-refractivity contribution >= 4 is 29.1 Å². The second-order valence-corrected chi connectivity index (χ2v) is 5.01. The number of hydrogen-bond acceptors (Lipinski definition) is 6. The minimum atomic E-state index is -0.553. The molecule has 0 aliphatic carbocycles. The first-order valence-electron chi connectivity index (χ1n) is 6.76. The lowest BCUT2D eigenvalue weighted by atomic mass is 10.0. The molecule has 1 atom stereocenters. The summed E-state index contributed by atoms with van der Waals surface area (Å²) in [5, 5.41) is 19.7. The van der Waals surface area contributed by atoms with Gasteiger partial charge in [-0.2, -0.15) is 10.1 Å². The monoisotopic (exact) mass is 316 g/mol. The number of carbonyl (C=O) groups is 2. The Balaban J connectivity index is 1.61. The normalized spacial score (nSPS) is 16.3. The van der Waals surface area contributed by atoms with Gasteiger partial charge in [-0.3, -0.25) is 25.0 Å². The van der Waals surface area contributed by atoms with Crippen molar-refractivity contribution in [3.8, 4) is 0 Å². The van der Waals surface area contributed by atoms with Crippen LogP contribution >= 0.6 is 0 Å². The Bertz CT molecular complexity index is 769. The molecule has 10 heteroatoms. The lowest BCUT2D eigenvalue weighted by Gasteiger charge is -2.21. The van der Waals surface area contributed by atoms with Gasteiger partial charge in [0.1, 0.15) is 6.33 Å². The summed E-state index contributed by atoms with van der Waals surface area (Å²) in [5.41, 5.74) is 0.367. The third-order valence-electron chi connectivity index (χ3n) is 3.41. The topological polar surface area (TPSA) is 132 Å². The number of carbonyl (C=O) groups excluding carboxylic acids is 2. The van der Waals surface area contributed by atoms with Crippen molar-refractivity contribution < 1.29 is 14.5 Å². The van der Waals surface area contributed by atoms with E-state index in [-0.39, 0.29) is 30.5 Å². The predicted octanol–water partition coefficient (Wildman–Crippen LogP) is 0.783. The van der Waals surface area contributed by atoms with E-state index in [2.05, 4.69) is 20.7 Å². The maximum atomic E-state index is 12.0. The zero-order valence-electron chi connectivity index (χ0n) is 11.8. The van der Waals surface area contributed by atoms with Gasteiger partial charge in [0, 0.05) is 24.2 Å². The second kappa shape index (κ2) is 5.83. The van der Waals surface area contributed by atoms with Crippen LogP contribution in [-0.4, -0.2) is 31.5 Å². The van der Waals surface area contributed by atoms with Crippen LogP contribution in [0, 0.1) is 16.0 Å². The van der Waals surface area contributed by atoms with Crippen LogP contribution in [0.3, 0.4) is 0 Å². The van der Waals surface area contributed by atoms with E-state index in [1.165, 1.54) is 35.3 Å². The molecule has 1 aromatic heterocycles. The van der Waals surface area contributed by atoms with Crippen LogP contribution in [0.15, 0.2) is 30.6 Å². The van der Waals surface area contributed by atoms with Gasteiger partial charge in [0.15, 0.2) is 0 Å². The average Bonchev–Trinajstić information content (AvgIpc) is 2.95. The summed E-state index contributed by atoms with van der Waals surface area (Å²) in [4.78, 5) is 37.9. The quantitative estimate of drug-likeness (QED) is 0.633. The molecular formula is C13H12N6O4. The second-order valence-electron chi connectivity index (χ2n) is 5.01. The van der Waals surface area contributed by atoms with Crippen LogP contribution in [0.2, 0.25) is 0 Å². The number of aromatic nitrogens is 3. The summed E-state index contributed by atoms with van der Waals surface area (Å²) in [6, 6.07) is 5.47. The van der Waals surface area contributed by atoms with Gasteiger partial charge in [0.25, 0.3) is 5.69 Å². The predicted molar refractivity (Wildman–Crippen MR) is 78.5 cm³/mol. The van der Waals surface area contributed by atoms with Gasteiger partial charge in [-0.1, -0.05) is 0 Å². The Hall–Kier alpha value is -3.30. The number of amides is 2. The first-order chi connectivity index (χ1) is 11.0. The number of non-ortho nitro benzene ring substituents is 1. The highest BCUT2D eigenvalue weighted by atomic mass is 16.6. The van der Waals surface area contributed by atoms with Gasteiger partial charge < -0.3 is 5.32 Å². The molecule has 10 nitrogen and oxygen atoms in total. The van der Waals surface area contributed by atoms with Gasteiger partial charge in [-0.05, 0) is 12.1 Å². The lowest BCUT2D eigenvalue weighted by molar-refractivity contribution is -0.384. The summed E-state index contributed by atoms with van der Waals surface area (Å²) in [5.74, 6) is -0.837. The average molecular weight is 316 g/mol. The van der Waals surface area contributed by atoms with Crippen molar-refractivity contribution in [3.05, 3.63) is 40.7 Å². The van der Waals surface area contributed by atoms with E-state index in [1.807, 2.05) is 0 Å². The highest BCUT2D eigenvalue weighted by Crippen LogP contribution is 2.20. The molecule has 2 heterocycles. The fourth-order valence-electron chi connectivity index (χ4n) is 2.26. The number of nitrogens with zero attached hydrogens (tertiary/aromatic N) is 4. The molecule has 0 spiro atoms. The third kappa shape index (κ3) is 3.15. The standard InChI is InChI=1S/C13H12N6O4/c20-11(16-9-1-3-10(4-2-9)19(22)23)5-8-6-18-13(14-7-15-18)17-12(8)21/h1-4,7-8H,5-6H2,(H,16,20)(H,14,15,17,21)/t8-/m1/s1. The third-order valence-corrected chi connectivity index (χ3v) is 3.41. The number of nitro groups is 1. The molecule has 0 bridgehead atoms. The van der Waals surface area contributed by atoms with E-state index in [1.54, 1.807) is 0 Å². The van der Waals surface area contributed by atoms with Crippen LogP contribution < -0.4 is 10.6 Å². The van der Waals surface area contributed by atoms with Crippen molar-refractivity contribution in [1.29, 1.82) is 0 Å². The van der Waals surface area contributed by atoms with Crippen molar-refractivity contribution in [2.24, 2.45) is 5.92 Å². The van der Waals surface area contributed by atoms with Gasteiger partial charge >= 0.3 is 0 Å². The number of rotatable bonds is 4. The van der Waals surface area contributed by atoms with Crippen LogP contribution in [0.25, 0.3) is 0 Å².